The van der Waals surface area contributed by atoms with E-state index in [0.717, 1.165) is 53.4 Å². The van der Waals surface area contributed by atoms with Crippen molar-refractivity contribution in [1.82, 2.24) is 20.4 Å². The second-order valence-corrected chi connectivity index (χ2v) is 11.3. The van der Waals surface area contributed by atoms with Crippen LogP contribution in [0.4, 0.5) is 18.9 Å². The van der Waals surface area contributed by atoms with Gasteiger partial charge in [-0.15, -0.1) is 0 Å². The number of carbonyl (C=O) groups is 4. The Labute approximate surface area is 237 Å². The Kier molecular flexibility index (Phi) is 6.79. The molecule has 10 nitrogen and oxygen atoms in total. The molecule has 1 saturated carbocycles. The van der Waals surface area contributed by atoms with Gasteiger partial charge in [0.25, 0.3) is 5.91 Å². The molecular formula is C29H28F3N5O5. The molecule has 42 heavy (non-hydrogen) atoms. The van der Waals surface area contributed by atoms with E-state index in [1.165, 1.54) is 12.8 Å². The Bertz CT molecular complexity index is 1610. The number of hydrogen-bond acceptors (Lipinski definition) is 6. The number of imide groups is 1. The molecule has 2 aromatic carbocycles. The molecule has 0 bridgehead atoms. The molecule has 2 saturated heterocycles. The molecule has 13 heteroatoms. The molecule has 4 aliphatic rings. The average molecular weight is 584 g/mol. The first-order chi connectivity index (χ1) is 20.0. The molecule has 1 spiro atoms. The van der Waals surface area contributed by atoms with E-state index in [4.69, 9.17) is 15.0 Å². The molecule has 3 N–H and O–H groups in total. The average Bonchev–Trinajstić information content (AvgIpc) is 3.39. The minimum absolute atomic E-state index is 0.176. The Morgan fingerprint density at radius 2 is 1.88 bits per heavy atom. The van der Waals surface area contributed by atoms with Crippen molar-refractivity contribution in [2.24, 2.45) is 0 Å². The molecule has 1 aliphatic carbocycles. The number of alkyl halides is 3. The number of aliphatic carboxylic acids is 1. The third-order valence-corrected chi connectivity index (χ3v) is 8.46. The van der Waals surface area contributed by atoms with Crippen LogP contribution >= 0.6 is 0 Å². The number of halogens is 3. The summed E-state index contributed by atoms with van der Waals surface area (Å²) < 4.78 is 33.9. The third-order valence-electron chi connectivity index (χ3n) is 8.46. The lowest BCUT2D eigenvalue weighted by Crippen LogP contribution is -2.53. The highest BCUT2D eigenvalue weighted by Gasteiger charge is 2.46. The number of carboxylic acids is 1. The fourth-order valence-corrected chi connectivity index (χ4v) is 6.23. The summed E-state index contributed by atoms with van der Waals surface area (Å²) in [6.45, 7) is 1.05. The summed E-state index contributed by atoms with van der Waals surface area (Å²) in [4.78, 5) is 48.0. The second-order valence-electron chi connectivity index (χ2n) is 11.3. The molecule has 3 amide bonds. The van der Waals surface area contributed by atoms with Crippen molar-refractivity contribution in [2.45, 2.75) is 68.7 Å². The van der Waals surface area contributed by atoms with Gasteiger partial charge in [-0.2, -0.15) is 18.3 Å². The van der Waals surface area contributed by atoms with Crippen LogP contribution in [0, 0.1) is 0 Å². The van der Waals surface area contributed by atoms with Crippen LogP contribution in [-0.4, -0.2) is 62.9 Å². The van der Waals surface area contributed by atoms with Crippen molar-refractivity contribution in [1.29, 1.82) is 0 Å². The predicted octanol–water partition coefficient (Wildman–Crippen LogP) is 3.48. The van der Waals surface area contributed by atoms with Gasteiger partial charge in [0.2, 0.25) is 11.8 Å². The quantitative estimate of drug-likeness (QED) is 0.401. The number of piperidine rings is 2. The van der Waals surface area contributed by atoms with E-state index < -0.39 is 24.1 Å². The van der Waals surface area contributed by atoms with Crippen LogP contribution in [0.3, 0.4) is 0 Å². The van der Waals surface area contributed by atoms with Gasteiger partial charge in [-0.25, -0.2) is 4.79 Å². The largest absolute Gasteiger partial charge is 0.490 e. The highest BCUT2D eigenvalue weighted by molar-refractivity contribution is 6.27. The molecule has 4 heterocycles. The van der Waals surface area contributed by atoms with Gasteiger partial charge in [-0.3, -0.25) is 29.3 Å². The topological polar surface area (TPSA) is 134 Å². The molecule has 3 aromatic rings. The molecule has 220 valence electrons. The minimum atomic E-state index is -5.08. The molecule has 3 fully saturated rings. The normalized spacial score (nSPS) is 22.6. The number of anilines is 1. The predicted molar refractivity (Wildman–Crippen MR) is 144 cm³/mol. The van der Waals surface area contributed by atoms with E-state index in [0.29, 0.717) is 23.6 Å². The van der Waals surface area contributed by atoms with E-state index >= 15 is 0 Å². The van der Waals surface area contributed by atoms with E-state index in [2.05, 4.69) is 27.6 Å². The maximum Gasteiger partial charge on any atom is 0.490 e. The number of nitrogens with zero attached hydrogens (tertiary/aromatic N) is 3. The van der Waals surface area contributed by atoms with Gasteiger partial charge in [0.05, 0.1) is 17.9 Å². The van der Waals surface area contributed by atoms with Gasteiger partial charge in [0.15, 0.2) is 0 Å². The van der Waals surface area contributed by atoms with Gasteiger partial charge in [-0.05, 0) is 67.3 Å². The van der Waals surface area contributed by atoms with Crippen molar-refractivity contribution in [3.8, 4) is 0 Å². The SMILES string of the molecule is O=C(O)C(F)(F)F.O=C1CCC(N2C(=O)c3cccc4c(Cc5cnn(C6CCNC7(CC7)C6)c5)ccc2c34)C(=O)N1. The number of hydrogen-bond donors (Lipinski definition) is 3. The number of rotatable bonds is 4. The van der Waals surface area contributed by atoms with E-state index in [-0.39, 0.29) is 18.2 Å². The summed E-state index contributed by atoms with van der Waals surface area (Å²) in [5.74, 6) is -3.62. The first-order valence-corrected chi connectivity index (χ1v) is 13.8. The lowest BCUT2D eigenvalue weighted by Gasteiger charge is -2.30. The van der Waals surface area contributed by atoms with Gasteiger partial charge >= 0.3 is 12.1 Å². The Morgan fingerprint density at radius 1 is 1.12 bits per heavy atom. The van der Waals surface area contributed by atoms with Crippen molar-refractivity contribution in [3.63, 3.8) is 0 Å². The fraction of sp³-hybridized carbons (Fsp3) is 0.414. The minimum Gasteiger partial charge on any atom is -0.475 e. The van der Waals surface area contributed by atoms with Crippen LogP contribution in [-0.2, 0) is 20.8 Å². The Balaban J connectivity index is 0.000000405. The van der Waals surface area contributed by atoms with Crippen LogP contribution in [0.5, 0.6) is 0 Å². The number of benzene rings is 2. The highest BCUT2D eigenvalue weighted by Crippen LogP contribution is 2.45. The number of amides is 3. The summed E-state index contributed by atoms with van der Waals surface area (Å²) >= 11 is 0. The fourth-order valence-electron chi connectivity index (χ4n) is 6.23. The number of carbonyl (C=O) groups excluding carboxylic acids is 3. The second kappa shape index (κ2) is 10.2. The van der Waals surface area contributed by atoms with Crippen LogP contribution in [0.1, 0.15) is 66.1 Å². The van der Waals surface area contributed by atoms with Crippen molar-refractivity contribution < 1.29 is 37.5 Å². The summed E-state index contributed by atoms with van der Waals surface area (Å²) in [5.41, 5.74) is 4.00. The third kappa shape index (κ3) is 5.13. The van der Waals surface area contributed by atoms with Crippen molar-refractivity contribution >= 4 is 40.2 Å². The van der Waals surface area contributed by atoms with Gasteiger partial charge in [-0.1, -0.05) is 18.2 Å². The number of aromatic nitrogens is 2. The lowest BCUT2D eigenvalue weighted by atomic mass is 9.96. The van der Waals surface area contributed by atoms with E-state index in [9.17, 15) is 27.6 Å². The van der Waals surface area contributed by atoms with Crippen molar-refractivity contribution in [2.75, 3.05) is 11.4 Å². The van der Waals surface area contributed by atoms with E-state index in [1.807, 2.05) is 30.5 Å². The smallest absolute Gasteiger partial charge is 0.475 e. The zero-order chi connectivity index (χ0) is 29.8. The van der Waals surface area contributed by atoms with Crippen LogP contribution in [0.2, 0.25) is 0 Å². The Hall–Kier alpha value is -4.26. The maximum absolute atomic E-state index is 13.4. The van der Waals surface area contributed by atoms with Gasteiger partial charge in [0.1, 0.15) is 6.04 Å². The molecule has 1 aromatic heterocycles. The van der Waals surface area contributed by atoms with E-state index in [1.54, 1.807) is 4.90 Å². The standard InChI is InChI=1S/C27H27N5O3.C2HF3O2/c33-23-7-6-22(25(34)30-23)32-21-5-4-17(19-2-1-3-20(24(19)21)26(32)35)12-16-14-29-31(15-16)18-8-11-28-27(13-18)9-10-27;3-2(4,5)1(6)7/h1-5,14-15,18,22,28H,6-13H2,(H,30,33,34);(H,6,7). The number of carboxylic acid groups (broad SMARTS) is 1. The van der Waals surface area contributed by atoms with Gasteiger partial charge in [0, 0.05) is 35.5 Å². The summed E-state index contributed by atoms with van der Waals surface area (Å²) in [6, 6.07) is 9.56. The molecule has 2 unspecified atom stereocenters. The van der Waals surface area contributed by atoms with Crippen LogP contribution in [0.25, 0.3) is 10.8 Å². The van der Waals surface area contributed by atoms with Gasteiger partial charge < -0.3 is 10.4 Å². The molecule has 7 rings (SSSR count). The number of nitrogens with one attached hydrogen (secondary N) is 2. The molecule has 3 aliphatic heterocycles. The summed E-state index contributed by atoms with van der Waals surface area (Å²) in [5, 5.41) is 19.8. The zero-order valence-corrected chi connectivity index (χ0v) is 22.4. The maximum atomic E-state index is 13.4. The first kappa shape index (κ1) is 27.9. The summed E-state index contributed by atoms with van der Waals surface area (Å²) in [6.07, 6.45) is 5.14. The summed E-state index contributed by atoms with van der Waals surface area (Å²) in [7, 11) is 0. The first-order valence-electron chi connectivity index (χ1n) is 13.8. The molecule has 0 radical (unpaired) electrons. The highest BCUT2D eigenvalue weighted by atomic mass is 19.4. The Morgan fingerprint density at radius 3 is 2.57 bits per heavy atom. The van der Waals surface area contributed by atoms with Crippen molar-refractivity contribution in [3.05, 3.63) is 59.4 Å². The van der Waals surface area contributed by atoms with Crippen LogP contribution in [0.15, 0.2) is 42.7 Å². The zero-order valence-electron chi connectivity index (χ0n) is 22.4. The lowest BCUT2D eigenvalue weighted by molar-refractivity contribution is -0.192. The van der Waals surface area contributed by atoms with Crippen LogP contribution < -0.4 is 15.5 Å². The molecule has 2 atom stereocenters. The monoisotopic (exact) mass is 583 g/mol. The molecular weight excluding hydrogens is 555 g/mol.